The first-order chi connectivity index (χ1) is 6.81. The highest BCUT2D eigenvalue weighted by atomic mass is 32.2. The average Bonchev–Trinajstić information content (AvgIpc) is 2.86. The molecule has 0 amide bonds. The molecule has 0 bridgehead atoms. The molecule has 2 heterocycles. The SMILES string of the molecule is CNC(C)c1nnc(C2CCCS2)s1. The van der Waals surface area contributed by atoms with Crippen LogP contribution >= 0.6 is 23.1 Å². The summed E-state index contributed by atoms with van der Waals surface area (Å²) in [6, 6.07) is 0.327. The third-order valence-electron chi connectivity index (χ3n) is 2.46. The smallest absolute Gasteiger partial charge is 0.134 e. The topological polar surface area (TPSA) is 37.8 Å². The minimum absolute atomic E-state index is 0.327. The highest BCUT2D eigenvalue weighted by Gasteiger charge is 2.22. The van der Waals surface area contributed by atoms with Crippen LogP contribution in [0.4, 0.5) is 0 Å². The summed E-state index contributed by atoms with van der Waals surface area (Å²) in [4.78, 5) is 0. The Balaban J connectivity index is 2.08. The van der Waals surface area contributed by atoms with Gasteiger partial charge in [-0.25, -0.2) is 0 Å². The van der Waals surface area contributed by atoms with E-state index in [0.29, 0.717) is 11.3 Å². The molecule has 14 heavy (non-hydrogen) atoms. The van der Waals surface area contributed by atoms with Crippen molar-refractivity contribution in [2.75, 3.05) is 12.8 Å². The Labute approximate surface area is 92.7 Å². The first-order valence-electron chi connectivity index (χ1n) is 4.93. The second-order valence-corrected chi connectivity index (χ2v) is 5.84. The maximum absolute atomic E-state index is 4.27. The summed E-state index contributed by atoms with van der Waals surface area (Å²) in [5, 5.41) is 14.6. The summed E-state index contributed by atoms with van der Waals surface area (Å²) in [6.45, 7) is 2.12. The number of hydrogen-bond acceptors (Lipinski definition) is 5. The largest absolute Gasteiger partial charge is 0.311 e. The van der Waals surface area contributed by atoms with Crippen molar-refractivity contribution in [3.8, 4) is 0 Å². The molecule has 2 atom stereocenters. The van der Waals surface area contributed by atoms with E-state index in [2.05, 4.69) is 22.4 Å². The van der Waals surface area contributed by atoms with Crippen molar-refractivity contribution >= 4 is 23.1 Å². The molecule has 2 rings (SSSR count). The van der Waals surface area contributed by atoms with Crippen molar-refractivity contribution in [2.24, 2.45) is 0 Å². The molecule has 78 valence electrons. The molecule has 2 unspecified atom stereocenters. The van der Waals surface area contributed by atoms with Gasteiger partial charge in [0.1, 0.15) is 10.0 Å². The zero-order valence-corrected chi connectivity index (χ0v) is 10.1. The lowest BCUT2D eigenvalue weighted by Crippen LogP contribution is -2.11. The number of hydrogen-bond donors (Lipinski definition) is 1. The Morgan fingerprint density at radius 1 is 1.50 bits per heavy atom. The average molecular weight is 229 g/mol. The van der Waals surface area contributed by atoms with Crippen LogP contribution in [0.1, 0.15) is 41.1 Å². The first-order valence-corrected chi connectivity index (χ1v) is 6.80. The molecule has 1 aliphatic heterocycles. The van der Waals surface area contributed by atoms with E-state index < -0.39 is 0 Å². The molecule has 1 aromatic rings. The molecular weight excluding hydrogens is 214 g/mol. The van der Waals surface area contributed by atoms with E-state index in [-0.39, 0.29) is 0 Å². The highest BCUT2D eigenvalue weighted by Crippen LogP contribution is 2.41. The van der Waals surface area contributed by atoms with Gasteiger partial charge in [0.2, 0.25) is 0 Å². The number of nitrogens with zero attached hydrogens (tertiary/aromatic N) is 2. The van der Waals surface area contributed by atoms with Gasteiger partial charge in [0.15, 0.2) is 0 Å². The van der Waals surface area contributed by atoms with Gasteiger partial charge in [0, 0.05) is 0 Å². The van der Waals surface area contributed by atoms with Crippen molar-refractivity contribution in [1.82, 2.24) is 15.5 Å². The van der Waals surface area contributed by atoms with Crippen LogP contribution in [-0.4, -0.2) is 23.0 Å². The Morgan fingerprint density at radius 3 is 3.00 bits per heavy atom. The van der Waals surface area contributed by atoms with Crippen LogP contribution in [0.3, 0.4) is 0 Å². The summed E-state index contributed by atoms with van der Waals surface area (Å²) in [5.74, 6) is 1.28. The molecule has 1 saturated heterocycles. The Morgan fingerprint density at radius 2 is 2.36 bits per heavy atom. The highest BCUT2D eigenvalue weighted by molar-refractivity contribution is 7.99. The summed E-state index contributed by atoms with van der Waals surface area (Å²) in [5.41, 5.74) is 0. The van der Waals surface area contributed by atoms with Crippen molar-refractivity contribution in [3.05, 3.63) is 10.0 Å². The van der Waals surface area contributed by atoms with Crippen molar-refractivity contribution in [1.29, 1.82) is 0 Å². The van der Waals surface area contributed by atoms with Crippen LogP contribution in [0, 0.1) is 0 Å². The number of nitrogens with one attached hydrogen (secondary N) is 1. The van der Waals surface area contributed by atoms with Gasteiger partial charge >= 0.3 is 0 Å². The lowest BCUT2D eigenvalue weighted by atomic mass is 10.3. The van der Waals surface area contributed by atoms with E-state index in [4.69, 9.17) is 0 Å². The van der Waals surface area contributed by atoms with Crippen LogP contribution in [0.2, 0.25) is 0 Å². The second-order valence-electron chi connectivity index (χ2n) is 3.49. The van der Waals surface area contributed by atoms with Crippen LogP contribution in [0.15, 0.2) is 0 Å². The van der Waals surface area contributed by atoms with Gasteiger partial charge in [-0.1, -0.05) is 11.3 Å². The predicted molar refractivity (Wildman–Crippen MR) is 61.8 cm³/mol. The van der Waals surface area contributed by atoms with E-state index in [1.807, 2.05) is 18.8 Å². The molecule has 0 aromatic carbocycles. The summed E-state index contributed by atoms with van der Waals surface area (Å²) < 4.78 is 0. The van der Waals surface area contributed by atoms with Crippen LogP contribution in [0.5, 0.6) is 0 Å². The molecule has 1 aliphatic rings. The molecule has 0 radical (unpaired) electrons. The summed E-state index contributed by atoms with van der Waals surface area (Å²) in [6.07, 6.45) is 2.60. The fraction of sp³-hybridized carbons (Fsp3) is 0.778. The van der Waals surface area contributed by atoms with Gasteiger partial charge in [-0.15, -0.1) is 10.2 Å². The van der Waals surface area contributed by atoms with Gasteiger partial charge in [-0.3, -0.25) is 0 Å². The number of thioether (sulfide) groups is 1. The molecule has 1 aromatic heterocycles. The van der Waals surface area contributed by atoms with E-state index >= 15 is 0 Å². The molecule has 0 saturated carbocycles. The third kappa shape index (κ3) is 2.10. The zero-order valence-electron chi connectivity index (χ0n) is 8.49. The predicted octanol–water partition coefficient (Wildman–Crippen LogP) is 2.39. The van der Waals surface area contributed by atoms with Crippen LogP contribution in [0.25, 0.3) is 0 Å². The molecular formula is C9H15N3S2. The first kappa shape index (κ1) is 10.4. The maximum atomic E-state index is 4.27. The Hall–Kier alpha value is -0.130. The van der Waals surface area contributed by atoms with Crippen LogP contribution < -0.4 is 5.32 Å². The van der Waals surface area contributed by atoms with E-state index in [1.54, 1.807) is 11.3 Å². The number of aromatic nitrogens is 2. The van der Waals surface area contributed by atoms with Gasteiger partial charge in [-0.2, -0.15) is 11.8 Å². The fourth-order valence-electron chi connectivity index (χ4n) is 1.45. The molecule has 0 aliphatic carbocycles. The van der Waals surface area contributed by atoms with E-state index in [9.17, 15) is 0 Å². The minimum Gasteiger partial charge on any atom is -0.311 e. The Kier molecular flexibility index (Phi) is 3.41. The van der Waals surface area contributed by atoms with E-state index in [1.165, 1.54) is 23.6 Å². The third-order valence-corrected chi connectivity index (χ3v) is 5.22. The molecule has 1 N–H and O–H groups in total. The fourth-order valence-corrected chi connectivity index (χ4v) is 3.86. The van der Waals surface area contributed by atoms with Gasteiger partial charge in [0.05, 0.1) is 11.3 Å². The normalized spacial score (nSPS) is 24.0. The van der Waals surface area contributed by atoms with E-state index in [0.717, 1.165) is 5.01 Å². The molecule has 0 spiro atoms. The lowest BCUT2D eigenvalue weighted by Gasteiger charge is -2.04. The molecule has 3 nitrogen and oxygen atoms in total. The zero-order chi connectivity index (χ0) is 9.97. The second kappa shape index (κ2) is 4.59. The summed E-state index contributed by atoms with van der Waals surface area (Å²) >= 11 is 3.77. The van der Waals surface area contributed by atoms with Crippen molar-refractivity contribution in [3.63, 3.8) is 0 Å². The summed E-state index contributed by atoms with van der Waals surface area (Å²) in [7, 11) is 1.95. The van der Waals surface area contributed by atoms with Crippen molar-refractivity contribution < 1.29 is 0 Å². The van der Waals surface area contributed by atoms with Gasteiger partial charge in [-0.05, 0) is 32.6 Å². The maximum Gasteiger partial charge on any atom is 0.134 e. The monoisotopic (exact) mass is 229 g/mol. The quantitative estimate of drug-likeness (QED) is 0.863. The van der Waals surface area contributed by atoms with Gasteiger partial charge in [0.25, 0.3) is 0 Å². The minimum atomic E-state index is 0.327. The van der Waals surface area contributed by atoms with Crippen molar-refractivity contribution in [2.45, 2.75) is 31.1 Å². The standard InChI is InChI=1S/C9H15N3S2/c1-6(10-2)8-11-12-9(14-8)7-4-3-5-13-7/h6-7,10H,3-5H2,1-2H3. The lowest BCUT2D eigenvalue weighted by molar-refractivity contribution is 0.639. The Bertz CT molecular complexity index is 294. The molecule has 1 fully saturated rings. The molecule has 5 heteroatoms. The van der Waals surface area contributed by atoms with Crippen LogP contribution in [-0.2, 0) is 0 Å². The number of rotatable bonds is 3. The van der Waals surface area contributed by atoms with Gasteiger partial charge < -0.3 is 5.32 Å².